The van der Waals surface area contributed by atoms with Crippen LogP contribution < -0.4 is 0 Å². The average molecular weight is 284 g/mol. The Bertz CT molecular complexity index is 101. The van der Waals surface area contributed by atoms with Crippen LogP contribution in [0.15, 0.2) is 0 Å². The first-order valence-electron chi connectivity index (χ1n) is 6.71. The molecule has 0 rings (SSSR count). The van der Waals surface area contributed by atoms with Crippen molar-refractivity contribution in [1.29, 1.82) is 0 Å². The lowest BCUT2D eigenvalue weighted by Crippen LogP contribution is -2.03. The largest absolute Gasteiger partial charge is 0.394 e. The smallest absolute Gasteiger partial charge is 0.0698 e. The van der Waals surface area contributed by atoms with E-state index in [-0.39, 0.29) is 19.8 Å². The van der Waals surface area contributed by atoms with Gasteiger partial charge in [-0.25, -0.2) is 0 Å². The van der Waals surface area contributed by atoms with Crippen LogP contribution in [0.3, 0.4) is 0 Å². The molecule has 6 heteroatoms. The van der Waals surface area contributed by atoms with E-state index in [2.05, 4.69) is 16.4 Å². The standard InChI is InChI=1S/C6H14O2.C4H10O3.C3H8O/c1-2-3-5-8-6-4-7;5-1-3-7-4-2-6;1-3-4-2/h7H,2-6H2,1H3;5-6H,1-4H2;3H2,1-2H3. The third-order valence-electron chi connectivity index (χ3n) is 1.64. The first-order valence-corrected chi connectivity index (χ1v) is 6.71. The molecule has 120 valence electrons. The zero-order valence-electron chi connectivity index (χ0n) is 12.6. The van der Waals surface area contributed by atoms with Gasteiger partial charge in [0.25, 0.3) is 0 Å². The minimum atomic E-state index is 0.0278. The Morgan fingerprint density at radius 1 is 0.737 bits per heavy atom. The molecule has 0 aliphatic carbocycles. The molecule has 19 heavy (non-hydrogen) atoms. The summed E-state index contributed by atoms with van der Waals surface area (Å²) in [5, 5.41) is 24.4. The minimum absolute atomic E-state index is 0.0278. The van der Waals surface area contributed by atoms with Crippen LogP contribution in [0.2, 0.25) is 0 Å². The summed E-state index contributed by atoms with van der Waals surface area (Å²) in [6, 6.07) is 0. The molecule has 0 unspecified atom stereocenters. The number of rotatable bonds is 10. The highest BCUT2D eigenvalue weighted by Gasteiger charge is 1.82. The number of aliphatic hydroxyl groups excluding tert-OH is 3. The first-order chi connectivity index (χ1) is 9.24. The van der Waals surface area contributed by atoms with E-state index in [1.54, 1.807) is 7.11 Å². The molecule has 0 atom stereocenters. The van der Waals surface area contributed by atoms with Gasteiger partial charge in [0.1, 0.15) is 0 Å². The lowest BCUT2D eigenvalue weighted by molar-refractivity contribution is 0.0650. The van der Waals surface area contributed by atoms with Gasteiger partial charge < -0.3 is 29.5 Å². The van der Waals surface area contributed by atoms with Crippen molar-refractivity contribution in [3.63, 3.8) is 0 Å². The number of hydrogen-bond donors (Lipinski definition) is 3. The van der Waals surface area contributed by atoms with Gasteiger partial charge in [-0.1, -0.05) is 13.3 Å². The van der Waals surface area contributed by atoms with Crippen LogP contribution in [-0.2, 0) is 14.2 Å². The summed E-state index contributed by atoms with van der Waals surface area (Å²) in [5.74, 6) is 0. The molecule has 0 aromatic heterocycles. The predicted octanol–water partition coefficient (Wildman–Crippen LogP) is 0.436. The molecule has 0 aromatic carbocycles. The molecular formula is C13H32O6. The van der Waals surface area contributed by atoms with Crippen molar-refractivity contribution in [1.82, 2.24) is 0 Å². The third kappa shape index (κ3) is 46.3. The zero-order valence-corrected chi connectivity index (χ0v) is 12.6. The van der Waals surface area contributed by atoms with E-state index in [1.165, 1.54) is 0 Å². The van der Waals surface area contributed by atoms with Crippen molar-refractivity contribution in [3.05, 3.63) is 0 Å². The van der Waals surface area contributed by atoms with Gasteiger partial charge in [0.2, 0.25) is 0 Å². The second-order valence-corrected chi connectivity index (χ2v) is 3.33. The SMILES string of the molecule is CCCCOCCO.CCOC.OCCOCCO. The van der Waals surface area contributed by atoms with Gasteiger partial charge in [-0.05, 0) is 13.3 Å². The van der Waals surface area contributed by atoms with E-state index in [9.17, 15) is 0 Å². The van der Waals surface area contributed by atoms with Crippen LogP contribution in [0.1, 0.15) is 26.7 Å². The fourth-order valence-corrected chi connectivity index (χ4v) is 0.644. The highest BCUT2D eigenvalue weighted by molar-refractivity contribution is 4.30. The molecule has 0 aliphatic rings. The summed E-state index contributed by atoms with van der Waals surface area (Å²) < 4.78 is 14.1. The van der Waals surface area contributed by atoms with Crippen molar-refractivity contribution >= 4 is 0 Å². The summed E-state index contributed by atoms with van der Waals surface area (Å²) in [7, 11) is 1.68. The molecule has 0 saturated heterocycles. The second kappa shape index (κ2) is 30.6. The Morgan fingerprint density at radius 3 is 1.37 bits per heavy atom. The molecule has 0 saturated carbocycles. The monoisotopic (exact) mass is 284 g/mol. The summed E-state index contributed by atoms with van der Waals surface area (Å²) in [6.07, 6.45) is 2.26. The van der Waals surface area contributed by atoms with Crippen molar-refractivity contribution in [2.75, 3.05) is 60.0 Å². The molecule has 0 aliphatic heterocycles. The predicted molar refractivity (Wildman–Crippen MR) is 75.4 cm³/mol. The Labute approximate surface area is 117 Å². The highest BCUT2D eigenvalue weighted by Crippen LogP contribution is 1.85. The molecule has 6 nitrogen and oxygen atoms in total. The second-order valence-electron chi connectivity index (χ2n) is 3.33. The number of unbranched alkanes of at least 4 members (excludes halogenated alkanes) is 1. The van der Waals surface area contributed by atoms with Gasteiger partial charge in [-0.3, -0.25) is 0 Å². The highest BCUT2D eigenvalue weighted by atomic mass is 16.5. The van der Waals surface area contributed by atoms with E-state index in [1.807, 2.05) is 6.92 Å². The van der Waals surface area contributed by atoms with Crippen molar-refractivity contribution in [3.8, 4) is 0 Å². The Hall–Kier alpha value is -0.240. The maximum absolute atomic E-state index is 8.24. The molecule has 0 fully saturated rings. The number of aliphatic hydroxyl groups is 3. The van der Waals surface area contributed by atoms with E-state index >= 15 is 0 Å². The summed E-state index contributed by atoms with van der Waals surface area (Å²) in [6.45, 7) is 7.00. The van der Waals surface area contributed by atoms with E-state index in [0.29, 0.717) is 19.8 Å². The Kier molecular flexibility index (Phi) is 38.4. The lowest BCUT2D eigenvalue weighted by Gasteiger charge is -1.97. The van der Waals surface area contributed by atoms with Gasteiger partial charge in [-0.2, -0.15) is 0 Å². The fraction of sp³-hybridized carbons (Fsp3) is 1.00. The minimum Gasteiger partial charge on any atom is -0.394 e. The van der Waals surface area contributed by atoms with Gasteiger partial charge in [0.05, 0.1) is 39.6 Å². The van der Waals surface area contributed by atoms with Crippen LogP contribution in [0, 0.1) is 0 Å². The molecule has 3 N–H and O–H groups in total. The van der Waals surface area contributed by atoms with E-state index in [4.69, 9.17) is 20.1 Å². The fourth-order valence-electron chi connectivity index (χ4n) is 0.644. The topological polar surface area (TPSA) is 88.4 Å². The van der Waals surface area contributed by atoms with Crippen LogP contribution in [-0.4, -0.2) is 75.3 Å². The molecule has 0 radical (unpaired) electrons. The third-order valence-corrected chi connectivity index (χ3v) is 1.64. The van der Waals surface area contributed by atoms with Crippen molar-refractivity contribution in [2.45, 2.75) is 26.7 Å². The van der Waals surface area contributed by atoms with Crippen LogP contribution in [0.5, 0.6) is 0 Å². The molecule has 0 aromatic rings. The van der Waals surface area contributed by atoms with Crippen LogP contribution in [0.25, 0.3) is 0 Å². The quantitative estimate of drug-likeness (QED) is 0.504. The average Bonchev–Trinajstić information content (AvgIpc) is 2.45. The van der Waals surface area contributed by atoms with E-state index in [0.717, 1.165) is 26.1 Å². The summed E-state index contributed by atoms with van der Waals surface area (Å²) >= 11 is 0. The Balaban J connectivity index is -0.000000214. The normalized spacial score (nSPS) is 9.16. The Morgan fingerprint density at radius 2 is 1.11 bits per heavy atom. The maximum Gasteiger partial charge on any atom is 0.0698 e. The molecule has 0 bridgehead atoms. The van der Waals surface area contributed by atoms with Gasteiger partial charge in [0.15, 0.2) is 0 Å². The first kappa shape index (κ1) is 23.8. The number of ether oxygens (including phenoxy) is 3. The number of methoxy groups -OCH3 is 1. The molecule has 0 spiro atoms. The summed E-state index contributed by atoms with van der Waals surface area (Å²) in [5.41, 5.74) is 0. The van der Waals surface area contributed by atoms with Crippen LogP contribution >= 0.6 is 0 Å². The lowest BCUT2D eigenvalue weighted by atomic mass is 10.4. The van der Waals surface area contributed by atoms with E-state index < -0.39 is 0 Å². The zero-order chi connectivity index (χ0) is 15.2. The van der Waals surface area contributed by atoms with Gasteiger partial charge >= 0.3 is 0 Å². The molecule has 0 amide bonds. The maximum atomic E-state index is 8.24. The van der Waals surface area contributed by atoms with Crippen molar-refractivity contribution < 1.29 is 29.5 Å². The van der Waals surface area contributed by atoms with Crippen LogP contribution in [0.4, 0.5) is 0 Å². The molecule has 0 heterocycles. The summed E-state index contributed by atoms with van der Waals surface area (Å²) in [4.78, 5) is 0. The van der Waals surface area contributed by atoms with Gasteiger partial charge in [-0.15, -0.1) is 0 Å². The van der Waals surface area contributed by atoms with Crippen molar-refractivity contribution in [2.24, 2.45) is 0 Å². The van der Waals surface area contributed by atoms with Gasteiger partial charge in [0, 0.05) is 20.3 Å². The molecular weight excluding hydrogens is 252 g/mol. The number of hydrogen-bond acceptors (Lipinski definition) is 6.